The summed E-state index contributed by atoms with van der Waals surface area (Å²) >= 11 is 0. The highest BCUT2D eigenvalue weighted by atomic mass is 15.3. The Morgan fingerprint density at radius 1 is 1.00 bits per heavy atom. The lowest BCUT2D eigenvalue weighted by molar-refractivity contribution is 0.930. The summed E-state index contributed by atoms with van der Waals surface area (Å²) < 4.78 is 0. The van der Waals surface area contributed by atoms with Crippen molar-refractivity contribution in [2.45, 2.75) is 39.5 Å². The van der Waals surface area contributed by atoms with E-state index in [0.29, 0.717) is 24.3 Å². The fourth-order valence-corrected chi connectivity index (χ4v) is 1.24. The van der Waals surface area contributed by atoms with E-state index in [1.165, 1.54) is 0 Å². The van der Waals surface area contributed by atoms with Gasteiger partial charge in [0.15, 0.2) is 0 Å². The summed E-state index contributed by atoms with van der Waals surface area (Å²) in [6.07, 6.45) is 3.19. The van der Waals surface area contributed by atoms with Gasteiger partial charge in [-0.3, -0.25) is 5.41 Å². The molecule has 0 bridgehead atoms. The summed E-state index contributed by atoms with van der Waals surface area (Å²) in [5, 5.41) is 18.8. The standard InChI is InChI=1S/C10H22N8/c1-3-5-7(15-17-9(11)12)8(6-4-2)16-18-10(13)14/h3-6H2,1-2H3,(H4,11,12,17)(H4,13,14,18)/b15-7+,16-8+. The first-order valence-electron chi connectivity index (χ1n) is 5.83. The van der Waals surface area contributed by atoms with Gasteiger partial charge in [0.2, 0.25) is 11.9 Å². The van der Waals surface area contributed by atoms with Crippen LogP contribution in [-0.2, 0) is 0 Å². The first kappa shape index (κ1) is 15.9. The second-order valence-electron chi connectivity index (χ2n) is 3.66. The molecule has 0 atom stereocenters. The molecule has 0 aromatic carbocycles. The van der Waals surface area contributed by atoms with Gasteiger partial charge < -0.3 is 17.2 Å². The molecule has 0 aromatic heterocycles. The van der Waals surface area contributed by atoms with Crippen molar-refractivity contribution in [1.82, 2.24) is 5.43 Å². The van der Waals surface area contributed by atoms with Crippen LogP contribution in [0.15, 0.2) is 15.3 Å². The van der Waals surface area contributed by atoms with Crippen LogP contribution in [0.3, 0.4) is 0 Å². The quantitative estimate of drug-likeness (QED) is 0.248. The molecule has 8 heteroatoms. The molecule has 0 aliphatic heterocycles. The number of nitrogens with zero attached hydrogens (tertiary/aromatic N) is 3. The summed E-state index contributed by atoms with van der Waals surface area (Å²) in [4.78, 5) is 0. The van der Waals surface area contributed by atoms with Gasteiger partial charge in [-0.25, -0.2) is 5.43 Å². The predicted molar refractivity (Wildman–Crippen MR) is 75.5 cm³/mol. The molecule has 0 heterocycles. The largest absolute Gasteiger partial charge is 0.369 e. The van der Waals surface area contributed by atoms with Crippen LogP contribution in [0.5, 0.6) is 0 Å². The molecule has 0 aromatic rings. The summed E-state index contributed by atoms with van der Waals surface area (Å²) in [6, 6.07) is 0. The van der Waals surface area contributed by atoms with Crippen molar-refractivity contribution in [3.8, 4) is 0 Å². The number of nitrogens with one attached hydrogen (secondary N) is 2. The van der Waals surface area contributed by atoms with Crippen molar-refractivity contribution in [1.29, 1.82) is 5.41 Å². The molecule has 0 aliphatic rings. The van der Waals surface area contributed by atoms with Gasteiger partial charge in [0.1, 0.15) is 0 Å². The topological polar surface area (TPSA) is 151 Å². The zero-order valence-electron chi connectivity index (χ0n) is 10.9. The Bertz CT molecular complexity index is 351. The third kappa shape index (κ3) is 7.20. The molecule has 0 saturated heterocycles. The van der Waals surface area contributed by atoms with Crippen molar-refractivity contribution >= 4 is 23.3 Å². The lowest BCUT2D eigenvalue weighted by atomic mass is 10.1. The number of hydrogen-bond acceptors (Lipinski definition) is 4. The van der Waals surface area contributed by atoms with E-state index in [0.717, 1.165) is 12.8 Å². The number of hydrogen-bond donors (Lipinski definition) is 5. The van der Waals surface area contributed by atoms with E-state index in [1.807, 2.05) is 13.8 Å². The van der Waals surface area contributed by atoms with Crippen molar-refractivity contribution < 1.29 is 0 Å². The maximum Gasteiger partial charge on any atom is 0.211 e. The zero-order valence-corrected chi connectivity index (χ0v) is 10.9. The van der Waals surface area contributed by atoms with E-state index >= 15 is 0 Å². The van der Waals surface area contributed by atoms with Crippen LogP contribution in [-0.4, -0.2) is 23.3 Å². The molecule has 0 saturated carbocycles. The highest BCUT2D eigenvalue weighted by molar-refractivity contribution is 6.42. The molecule has 102 valence electrons. The van der Waals surface area contributed by atoms with E-state index in [2.05, 4.69) is 20.7 Å². The molecule has 0 radical (unpaired) electrons. The Labute approximate surface area is 107 Å². The molecule has 0 amide bonds. The molecule has 0 unspecified atom stereocenters. The predicted octanol–water partition coefficient (Wildman–Crippen LogP) is 0.0551. The van der Waals surface area contributed by atoms with Crippen molar-refractivity contribution in [2.24, 2.45) is 32.5 Å². The highest BCUT2D eigenvalue weighted by Gasteiger charge is 2.08. The van der Waals surface area contributed by atoms with Crippen LogP contribution in [0.25, 0.3) is 0 Å². The Morgan fingerprint density at radius 3 is 2.00 bits per heavy atom. The third-order valence-corrected chi connectivity index (χ3v) is 1.90. The van der Waals surface area contributed by atoms with Crippen LogP contribution < -0.4 is 22.6 Å². The lowest BCUT2D eigenvalue weighted by Crippen LogP contribution is -2.29. The zero-order chi connectivity index (χ0) is 14.0. The normalized spacial score (nSPS) is 12.1. The van der Waals surface area contributed by atoms with Gasteiger partial charge in [0.25, 0.3) is 0 Å². The van der Waals surface area contributed by atoms with E-state index in [1.54, 1.807) is 0 Å². The first-order valence-corrected chi connectivity index (χ1v) is 5.83. The fourth-order valence-electron chi connectivity index (χ4n) is 1.24. The number of nitrogens with two attached hydrogens (primary N) is 3. The number of guanidine groups is 2. The minimum atomic E-state index is -0.221. The molecular weight excluding hydrogens is 232 g/mol. The van der Waals surface area contributed by atoms with Crippen LogP contribution in [0.4, 0.5) is 0 Å². The van der Waals surface area contributed by atoms with Crippen LogP contribution >= 0.6 is 0 Å². The molecular formula is C10H22N8. The van der Waals surface area contributed by atoms with E-state index in [4.69, 9.17) is 22.6 Å². The Hall–Kier alpha value is -2.12. The smallest absolute Gasteiger partial charge is 0.211 e. The van der Waals surface area contributed by atoms with Gasteiger partial charge in [-0.05, 0) is 12.8 Å². The second kappa shape index (κ2) is 8.97. The van der Waals surface area contributed by atoms with Crippen LogP contribution in [0.1, 0.15) is 39.5 Å². The average molecular weight is 254 g/mol. The summed E-state index contributed by atoms with van der Waals surface area (Å²) in [5.74, 6) is -0.319. The molecule has 8 nitrogen and oxygen atoms in total. The van der Waals surface area contributed by atoms with Gasteiger partial charge in [0.05, 0.1) is 11.4 Å². The average Bonchev–Trinajstić information content (AvgIpc) is 2.29. The molecule has 18 heavy (non-hydrogen) atoms. The SMILES string of the molecule is CCCC(=N\N=C(N)N)/C(CCC)=N/NC(=N)N. The molecule has 0 rings (SSSR count). The number of rotatable bonds is 7. The van der Waals surface area contributed by atoms with Gasteiger partial charge in [0, 0.05) is 0 Å². The third-order valence-electron chi connectivity index (χ3n) is 1.90. The minimum absolute atomic E-state index is 0.0982. The molecule has 0 aliphatic carbocycles. The van der Waals surface area contributed by atoms with Gasteiger partial charge in [-0.1, -0.05) is 26.7 Å². The Balaban J connectivity index is 5.09. The monoisotopic (exact) mass is 254 g/mol. The second-order valence-corrected chi connectivity index (χ2v) is 3.66. The highest BCUT2D eigenvalue weighted by Crippen LogP contribution is 2.02. The minimum Gasteiger partial charge on any atom is -0.369 e. The van der Waals surface area contributed by atoms with Gasteiger partial charge in [-0.15, -0.1) is 5.10 Å². The molecule has 0 fully saturated rings. The van der Waals surface area contributed by atoms with Gasteiger partial charge in [-0.2, -0.15) is 10.2 Å². The molecule has 0 spiro atoms. The van der Waals surface area contributed by atoms with Crippen molar-refractivity contribution in [3.63, 3.8) is 0 Å². The number of hydrazone groups is 1. The first-order chi connectivity index (χ1) is 8.51. The molecule has 8 N–H and O–H groups in total. The summed E-state index contributed by atoms with van der Waals surface area (Å²) in [7, 11) is 0. The summed E-state index contributed by atoms with van der Waals surface area (Å²) in [5.41, 5.74) is 19.5. The Kier molecular flexibility index (Phi) is 7.91. The maximum absolute atomic E-state index is 7.09. The van der Waals surface area contributed by atoms with E-state index in [9.17, 15) is 0 Å². The Morgan fingerprint density at radius 2 is 1.56 bits per heavy atom. The maximum atomic E-state index is 7.09. The lowest BCUT2D eigenvalue weighted by Gasteiger charge is -2.07. The van der Waals surface area contributed by atoms with Crippen molar-refractivity contribution in [2.75, 3.05) is 0 Å². The van der Waals surface area contributed by atoms with E-state index < -0.39 is 0 Å². The van der Waals surface area contributed by atoms with Crippen LogP contribution in [0.2, 0.25) is 0 Å². The fraction of sp³-hybridized carbons (Fsp3) is 0.600. The summed E-state index contributed by atoms with van der Waals surface area (Å²) in [6.45, 7) is 4.04. The van der Waals surface area contributed by atoms with Crippen molar-refractivity contribution in [3.05, 3.63) is 0 Å². The van der Waals surface area contributed by atoms with Gasteiger partial charge >= 0.3 is 0 Å². The van der Waals surface area contributed by atoms with E-state index in [-0.39, 0.29) is 11.9 Å². The van der Waals surface area contributed by atoms with Crippen LogP contribution in [0, 0.1) is 5.41 Å².